The van der Waals surface area contributed by atoms with E-state index in [9.17, 15) is 14.7 Å². The van der Waals surface area contributed by atoms with Crippen molar-refractivity contribution in [1.82, 2.24) is 19.3 Å². The van der Waals surface area contributed by atoms with Crippen molar-refractivity contribution in [3.63, 3.8) is 0 Å². The summed E-state index contributed by atoms with van der Waals surface area (Å²) in [5, 5.41) is 14.3. The molecule has 0 fully saturated rings. The molecule has 0 spiro atoms. The Labute approximate surface area is 109 Å². The van der Waals surface area contributed by atoms with Gasteiger partial charge in [0.15, 0.2) is 0 Å². The summed E-state index contributed by atoms with van der Waals surface area (Å²) in [4.78, 5) is 25.8. The van der Waals surface area contributed by atoms with Crippen LogP contribution in [0.4, 0.5) is 0 Å². The largest absolute Gasteiger partial charge is 0.494 e. The molecule has 0 amide bonds. The number of aromatic nitrogens is 4. The van der Waals surface area contributed by atoms with E-state index in [1.165, 1.54) is 0 Å². The number of aryl methyl sites for hydroxylation is 2. The second-order valence-electron chi connectivity index (χ2n) is 4.42. The Morgan fingerprint density at radius 1 is 1.42 bits per heavy atom. The molecular formula is C12H16N4O3. The molecular weight excluding hydrogens is 248 g/mol. The van der Waals surface area contributed by atoms with Gasteiger partial charge in [0, 0.05) is 13.2 Å². The Morgan fingerprint density at radius 3 is 2.63 bits per heavy atom. The van der Waals surface area contributed by atoms with Crippen LogP contribution in [0.15, 0.2) is 15.8 Å². The van der Waals surface area contributed by atoms with E-state index in [1.54, 1.807) is 24.9 Å². The lowest BCUT2D eigenvalue weighted by atomic mass is 10.2. The first-order valence-electron chi connectivity index (χ1n) is 6.03. The first kappa shape index (κ1) is 13.1. The van der Waals surface area contributed by atoms with Crippen molar-refractivity contribution < 1.29 is 5.11 Å². The molecule has 102 valence electrons. The normalized spacial score (nSPS) is 10.9. The number of nitrogens with one attached hydrogen (secondary N) is 1. The van der Waals surface area contributed by atoms with Crippen LogP contribution in [0.2, 0.25) is 0 Å². The number of H-pyrrole nitrogens is 1. The second-order valence-corrected chi connectivity index (χ2v) is 4.42. The highest BCUT2D eigenvalue weighted by atomic mass is 16.3. The highest BCUT2D eigenvalue weighted by Gasteiger charge is 2.17. The summed E-state index contributed by atoms with van der Waals surface area (Å²) in [7, 11) is 1.72. The van der Waals surface area contributed by atoms with Crippen LogP contribution >= 0.6 is 0 Å². The molecule has 0 aromatic carbocycles. The van der Waals surface area contributed by atoms with Gasteiger partial charge in [-0.2, -0.15) is 5.10 Å². The lowest BCUT2D eigenvalue weighted by molar-refractivity contribution is 0.422. The van der Waals surface area contributed by atoms with Gasteiger partial charge in [0.1, 0.15) is 0 Å². The molecule has 0 saturated carbocycles. The van der Waals surface area contributed by atoms with Gasteiger partial charge in [-0.15, -0.1) is 0 Å². The van der Waals surface area contributed by atoms with Crippen LogP contribution in [0, 0.1) is 6.92 Å². The number of hydrogen-bond donors (Lipinski definition) is 2. The first-order valence-corrected chi connectivity index (χ1v) is 6.03. The van der Waals surface area contributed by atoms with E-state index in [1.807, 2.05) is 6.92 Å². The van der Waals surface area contributed by atoms with E-state index in [4.69, 9.17) is 0 Å². The minimum absolute atomic E-state index is 0.213. The van der Waals surface area contributed by atoms with Crippen molar-refractivity contribution in [3.05, 3.63) is 38.3 Å². The molecule has 0 radical (unpaired) electrons. The van der Waals surface area contributed by atoms with Crippen molar-refractivity contribution in [2.75, 3.05) is 0 Å². The van der Waals surface area contributed by atoms with Gasteiger partial charge >= 0.3 is 5.69 Å². The molecule has 0 atom stereocenters. The van der Waals surface area contributed by atoms with Crippen LogP contribution in [-0.4, -0.2) is 24.4 Å². The standard InChI is InChI=1S/C12H16N4O3/c1-4-5-8-10(17)13-12(19)16(11(8)18)9-6-15(3)14-7(9)2/h6,18H,4-5H2,1-3H3,(H,13,17,19). The van der Waals surface area contributed by atoms with Crippen LogP contribution in [0.1, 0.15) is 24.6 Å². The summed E-state index contributed by atoms with van der Waals surface area (Å²) < 4.78 is 2.62. The Balaban J connectivity index is 2.77. The molecule has 7 heteroatoms. The van der Waals surface area contributed by atoms with Crippen molar-refractivity contribution >= 4 is 0 Å². The Kier molecular flexibility index (Phi) is 3.28. The zero-order valence-electron chi connectivity index (χ0n) is 11.1. The van der Waals surface area contributed by atoms with Crippen molar-refractivity contribution in [2.24, 2.45) is 7.05 Å². The molecule has 0 unspecified atom stereocenters. The Morgan fingerprint density at radius 2 is 2.11 bits per heavy atom. The molecule has 0 aliphatic heterocycles. The molecule has 7 nitrogen and oxygen atoms in total. The fraction of sp³-hybridized carbons (Fsp3) is 0.417. The second kappa shape index (κ2) is 4.75. The maximum atomic E-state index is 11.9. The van der Waals surface area contributed by atoms with Gasteiger partial charge in [-0.3, -0.25) is 14.5 Å². The maximum Gasteiger partial charge on any atom is 0.335 e. The van der Waals surface area contributed by atoms with E-state index >= 15 is 0 Å². The van der Waals surface area contributed by atoms with E-state index < -0.39 is 11.2 Å². The molecule has 0 bridgehead atoms. The third-order valence-corrected chi connectivity index (χ3v) is 2.91. The SMILES string of the molecule is CCCc1c(O)n(-c2cn(C)nc2C)c(=O)[nH]c1=O. The molecule has 2 aromatic rings. The van der Waals surface area contributed by atoms with E-state index in [0.29, 0.717) is 24.2 Å². The lowest BCUT2D eigenvalue weighted by Gasteiger charge is -2.09. The average Bonchev–Trinajstić information content (AvgIpc) is 2.64. The molecule has 0 aliphatic rings. The van der Waals surface area contributed by atoms with Crippen LogP contribution in [0.5, 0.6) is 5.88 Å². The zero-order chi connectivity index (χ0) is 14.2. The third kappa shape index (κ3) is 2.18. The minimum atomic E-state index is -0.668. The van der Waals surface area contributed by atoms with Crippen LogP contribution in [0.25, 0.3) is 5.69 Å². The summed E-state index contributed by atoms with van der Waals surface area (Å²) in [5.41, 5.74) is 0.0546. The quantitative estimate of drug-likeness (QED) is 0.829. The summed E-state index contributed by atoms with van der Waals surface area (Å²) in [6, 6.07) is 0. The zero-order valence-corrected chi connectivity index (χ0v) is 11.1. The number of aromatic hydroxyl groups is 1. The van der Waals surface area contributed by atoms with E-state index in [0.717, 1.165) is 4.57 Å². The average molecular weight is 264 g/mol. The van der Waals surface area contributed by atoms with Gasteiger partial charge in [-0.1, -0.05) is 13.3 Å². The summed E-state index contributed by atoms with van der Waals surface area (Å²) in [5.74, 6) is -0.313. The first-order chi connectivity index (χ1) is 8.95. The number of aromatic amines is 1. The predicted molar refractivity (Wildman–Crippen MR) is 69.8 cm³/mol. The minimum Gasteiger partial charge on any atom is -0.494 e. The smallest absolute Gasteiger partial charge is 0.335 e. The van der Waals surface area contributed by atoms with E-state index in [2.05, 4.69) is 10.1 Å². The maximum absolute atomic E-state index is 11.9. The number of rotatable bonds is 3. The lowest BCUT2D eigenvalue weighted by Crippen LogP contribution is -2.31. The highest BCUT2D eigenvalue weighted by Crippen LogP contribution is 2.19. The van der Waals surface area contributed by atoms with Gasteiger partial charge in [0.2, 0.25) is 5.88 Å². The molecule has 2 N–H and O–H groups in total. The van der Waals surface area contributed by atoms with Gasteiger partial charge in [-0.05, 0) is 13.3 Å². The molecule has 19 heavy (non-hydrogen) atoms. The van der Waals surface area contributed by atoms with Gasteiger partial charge in [-0.25, -0.2) is 9.36 Å². The van der Waals surface area contributed by atoms with Crippen molar-refractivity contribution in [1.29, 1.82) is 0 Å². The summed E-state index contributed by atoms with van der Waals surface area (Å²) in [6.07, 6.45) is 2.71. The monoisotopic (exact) mass is 264 g/mol. The predicted octanol–water partition coefficient (Wildman–Crippen LogP) is 0.226. The van der Waals surface area contributed by atoms with Crippen molar-refractivity contribution in [2.45, 2.75) is 26.7 Å². The Hall–Kier alpha value is -2.31. The van der Waals surface area contributed by atoms with Crippen LogP contribution in [0.3, 0.4) is 0 Å². The van der Waals surface area contributed by atoms with E-state index in [-0.39, 0.29) is 11.4 Å². The third-order valence-electron chi connectivity index (χ3n) is 2.91. The van der Waals surface area contributed by atoms with Gasteiger partial charge in [0.25, 0.3) is 5.56 Å². The molecule has 0 saturated heterocycles. The van der Waals surface area contributed by atoms with Crippen LogP contribution < -0.4 is 11.2 Å². The van der Waals surface area contributed by atoms with Gasteiger partial charge in [0.05, 0.1) is 16.9 Å². The summed E-state index contributed by atoms with van der Waals surface area (Å²) in [6.45, 7) is 3.62. The molecule has 0 aliphatic carbocycles. The summed E-state index contributed by atoms with van der Waals surface area (Å²) >= 11 is 0. The highest BCUT2D eigenvalue weighted by molar-refractivity contribution is 5.39. The molecule has 2 heterocycles. The number of nitrogens with zero attached hydrogens (tertiary/aromatic N) is 3. The Bertz CT molecular complexity index is 724. The van der Waals surface area contributed by atoms with Crippen LogP contribution in [-0.2, 0) is 13.5 Å². The fourth-order valence-corrected chi connectivity index (χ4v) is 2.07. The number of hydrogen-bond acceptors (Lipinski definition) is 4. The topological polar surface area (TPSA) is 92.9 Å². The molecule has 2 rings (SSSR count). The van der Waals surface area contributed by atoms with Gasteiger partial charge < -0.3 is 5.11 Å². The molecule has 2 aromatic heterocycles. The van der Waals surface area contributed by atoms with Crippen molar-refractivity contribution in [3.8, 4) is 11.6 Å². The fourth-order valence-electron chi connectivity index (χ4n) is 2.07.